The highest BCUT2D eigenvalue weighted by molar-refractivity contribution is 5.62. The summed E-state index contributed by atoms with van der Waals surface area (Å²) in [5, 5.41) is 12.6. The van der Waals surface area contributed by atoms with Crippen LogP contribution in [0.4, 0.5) is 5.69 Å². The molecule has 19 heavy (non-hydrogen) atoms. The lowest BCUT2D eigenvalue weighted by molar-refractivity contribution is 0.227. The second-order valence-corrected chi connectivity index (χ2v) is 4.83. The average molecular weight is 266 g/mol. The molecule has 2 atom stereocenters. The predicted molar refractivity (Wildman–Crippen MR) is 75.2 cm³/mol. The van der Waals surface area contributed by atoms with Crippen molar-refractivity contribution >= 4 is 5.69 Å². The zero-order chi connectivity index (χ0) is 13.8. The molecule has 1 aliphatic heterocycles. The quantitative estimate of drug-likeness (QED) is 0.846. The smallest absolute Gasteiger partial charge is 0.142 e. The van der Waals surface area contributed by atoms with Crippen molar-refractivity contribution in [3.05, 3.63) is 18.2 Å². The summed E-state index contributed by atoms with van der Waals surface area (Å²) in [5.74, 6) is 1.63. The number of aliphatic hydroxyl groups is 1. The molecule has 106 valence electrons. The van der Waals surface area contributed by atoms with E-state index in [-0.39, 0.29) is 12.6 Å². The molecule has 1 aromatic carbocycles. The number of aliphatic hydroxyl groups excluding tert-OH is 1. The molecule has 0 saturated carbocycles. The number of nitrogens with zero attached hydrogens (tertiary/aromatic N) is 1. The van der Waals surface area contributed by atoms with Crippen molar-refractivity contribution in [1.82, 2.24) is 5.32 Å². The van der Waals surface area contributed by atoms with E-state index >= 15 is 0 Å². The summed E-state index contributed by atoms with van der Waals surface area (Å²) in [6.45, 7) is 3.88. The average Bonchev–Trinajstić information content (AvgIpc) is 2.47. The Bertz CT molecular complexity index is 425. The summed E-state index contributed by atoms with van der Waals surface area (Å²) in [7, 11) is 3.32. The van der Waals surface area contributed by atoms with Crippen LogP contribution in [-0.4, -0.2) is 51.1 Å². The van der Waals surface area contributed by atoms with Crippen molar-refractivity contribution in [2.75, 3.05) is 38.8 Å². The standard InChI is InChI=1S/C14H22N2O3/c1-10-7-15-11(9-17)8-16(10)13-6-12(18-2)4-5-14(13)19-3/h4-6,10-11,15,17H,7-9H2,1-3H3. The van der Waals surface area contributed by atoms with Gasteiger partial charge in [0.15, 0.2) is 0 Å². The fraction of sp³-hybridized carbons (Fsp3) is 0.571. The number of hydrogen-bond donors (Lipinski definition) is 2. The minimum absolute atomic E-state index is 0.0899. The van der Waals surface area contributed by atoms with Crippen LogP contribution in [0, 0.1) is 0 Å². The highest BCUT2D eigenvalue weighted by Gasteiger charge is 2.26. The summed E-state index contributed by atoms with van der Waals surface area (Å²) in [6.07, 6.45) is 0. The molecule has 0 amide bonds. The Kier molecular flexibility index (Phi) is 4.50. The van der Waals surface area contributed by atoms with Gasteiger partial charge < -0.3 is 24.8 Å². The third kappa shape index (κ3) is 2.93. The fourth-order valence-corrected chi connectivity index (χ4v) is 2.41. The second-order valence-electron chi connectivity index (χ2n) is 4.83. The molecular formula is C14H22N2O3. The van der Waals surface area contributed by atoms with E-state index in [9.17, 15) is 5.11 Å². The van der Waals surface area contributed by atoms with Crippen LogP contribution in [0.2, 0.25) is 0 Å². The van der Waals surface area contributed by atoms with Gasteiger partial charge in [0.1, 0.15) is 11.5 Å². The normalized spacial score (nSPS) is 23.3. The van der Waals surface area contributed by atoms with Gasteiger partial charge >= 0.3 is 0 Å². The maximum Gasteiger partial charge on any atom is 0.142 e. The summed E-state index contributed by atoms with van der Waals surface area (Å²) in [5.41, 5.74) is 1.01. The number of anilines is 1. The third-order valence-corrected chi connectivity index (χ3v) is 3.57. The van der Waals surface area contributed by atoms with Crippen LogP contribution in [0.15, 0.2) is 18.2 Å². The molecule has 1 heterocycles. The van der Waals surface area contributed by atoms with Crippen LogP contribution in [-0.2, 0) is 0 Å². The first-order chi connectivity index (χ1) is 9.19. The van der Waals surface area contributed by atoms with Gasteiger partial charge in [0.05, 0.1) is 26.5 Å². The van der Waals surface area contributed by atoms with Gasteiger partial charge in [-0.1, -0.05) is 0 Å². The Balaban J connectivity index is 2.31. The maximum absolute atomic E-state index is 9.32. The Morgan fingerprint density at radius 2 is 2.16 bits per heavy atom. The van der Waals surface area contributed by atoms with Crippen LogP contribution in [0.5, 0.6) is 11.5 Å². The Morgan fingerprint density at radius 1 is 1.37 bits per heavy atom. The molecule has 0 bridgehead atoms. The van der Waals surface area contributed by atoms with E-state index < -0.39 is 0 Å². The molecule has 1 fully saturated rings. The summed E-state index contributed by atoms with van der Waals surface area (Å²) < 4.78 is 10.7. The van der Waals surface area contributed by atoms with Crippen molar-refractivity contribution in [2.45, 2.75) is 19.0 Å². The van der Waals surface area contributed by atoms with Gasteiger partial charge in [-0.05, 0) is 19.1 Å². The van der Waals surface area contributed by atoms with Crippen molar-refractivity contribution in [3.8, 4) is 11.5 Å². The third-order valence-electron chi connectivity index (χ3n) is 3.57. The molecule has 0 aromatic heterocycles. The van der Waals surface area contributed by atoms with Gasteiger partial charge in [-0.15, -0.1) is 0 Å². The topological polar surface area (TPSA) is 54.0 Å². The summed E-state index contributed by atoms with van der Waals surface area (Å²) >= 11 is 0. The highest BCUT2D eigenvalue weighted by Crippen LogP contribution is 2.34. The van der Waals surface area contributed by atoms with E-state index in [2.05, 4.69) is 17.1 Å². The monoisotopic (exact) mass is 266 g/mol. The van der Waals surface area contributed by atoms with Crippen LogP contribution in [0.25, 0.3) is 0 Å². The van der Waals surface area contributed by atoms with Gasteiger partial charge in [0.25, 0.3) is 0 Å². The number of benzene rings is 1. The van der Waals surface area contributed by atoms with Crippen LogP contribution in [0.3, 0.4) is 0 Å². The van der Waals surface area contributed by atoms with Gasteiger partial charge in [0, 0.05) is 31.2 Å². The van der Waals surface area contributed by atoms with Crippen LogP contribution < -0.4 is 19.7 Å². The lowest BCUT2D eigenvalue weighted by atomic mass is 10.1. The minimum Gasteiger partial charge on any atom is -0.497 e. The lowest BCUT2D eigenvalue weighted by Crippen LogP contribution is -2.57. The first-order valence-corrected chi connectivity index (χ1v) is 6.52. The predicted octanol–water partition coefficient (Wildman–Crippen LogP) is 0.863. The maximum atomic E-state index is 9.32. The molecule has 0 radical (unpaired) electrons. The molecule has 1 aliphatic rings. The number of hydrogen-bond acceptors (Lipinski definition) is 5. The molecule has 5 heteroatoms. The van der Waals surface area contributed by atoms with Crippen molar-refractivity contribution in [3.63, 3.8) is 0 Å². The first-order valence-electron chi connectivity index (χ1n) is 6.52. The molecule has 5 nitrogen and oxygen atoms in total. The second kappa shape index (κ2) is 6.12. The number of rotatable bonds is 4. The Labute approximate surface area is 114 Å². The fourth-order valence-electron chi connectivity index (χ4n) is 2.41. The molecule has 0 spiro atoms. The molecular weight excluding hydrogens is 244 g/mol. The Morgan fingerprint density at radius 3 is 2.79 bits per heavy atom. The molecule has 0 aliphatic carbocycles. The number of ether oxygens (including phenoxy) is 2. The van der Waals surface area contributed by atoms with Gasteiger partial charge in [0.2, 0.25) is 0 Å². The molecule has 1 aromatic rings. The molecule has 2 N–H and O–H groups in total. The van der Waals surface area contributed by atoms with Crippen molar-refractivity contribution in [2.24, 2.45) is 0 Å². The molecule has 2 rings (SSSR count). The minimum atomic E-state index is 0.0899. The zero-order valence-electron chi connectivity index (χ0n) is 11.7. The molecule has 1 saturated heterocycles. The van der Waals surface area contributed by atoms with Gasteiger partial charge in [-0.3, -0.25) is 0 Å². The van der Waals surface area contributed by atoms with Crippen LogP contribution in [0.1, 0.15) is 6.92 Å². The Hall–Kier alpha value is -1.46. The van der Waals surface area contributed by atoms with E-state index in [1.807, 2.05) is 18.2 Å². The van der Waals surface area contributed by atoms with Gasteiger partial charge in [-0.2, -0.15) is 0 Å². The summed E-state index contributed by atoms with van der Waals surface area (Å²) in [6, 6.07) is 6.21. The number of nitrogens with one attached hydrogen (secondary N) is 1. The SMILES string of the molecule is COc1ccc(OC)c(N2CC(CO)NCC2C)c1. The lowest BCUT2D eigenvalue weighted by Gasteiger charge is -2.40. The number of piperazine rings is 1. The van der Waals surface area contributed by atoms with E-state index in [1.165, 1.54) is 0 Å². The van der Waals surface area contributed by atoms with Gasteiger partial charge in [-0.25, -0.2) is 0 Å². The van der Waals surface area contributed by atoms with Crippen LogP contribution >= 0.6 is 0 Å². The van der Waals surface area contributed by atoms with Crippen molar-refractivity contribution < 1.29 is 14.6 Å². The van der Waals surface area contributed by atoms with Crippen molar-refractivity contribution in [1.29, 1.82) is 0 Å². The van der Waals surface area contributed by atoms with E-state index in [0.29, 0.717) is 6.04 Å². The largest absolute Gasteiger partial charge is 0.497 e. The van der Waals surface area contributed by atoms with E-state index in [4.69, 9.17) is 9.47 Å². The summed E-state index contributed by atoms with van der Waals surface area (Å²) in [4.78, 5) is 2.25. The first kappa shape index (κ1) is 14.0. The molecule has 2 unspecified atom stereocenters. The van der Waals surface area contributed by atoms with E-state index in [0.717, 1.165) is 30.3 Å². The highest BCUT2D eigenvalue weighted by atomic mass is 16.5. The zero-order valence-corrected chi connectivity index (χ0v) is 11.7. The number of methoxy groups -OCH3 is 2. The van der Waals surface area contributed by atoms with E-state index in [1.54, 1.807) is 14.2 Å².